The molecule has 4 heteroatoms. The molecule has 0 atom stereocenters. The number of anilines is 2. The van der Waals surface area contributed by atoms with Crippen LogP contribution in [0.3, 0.4) is 0 Å². The third-order valence-electron chi connectivity index (χ3n) is 3.89. The van der Waals surface area contributed by atoms with Crippen molar-refractivity contribution >= 4 is 11.4 Å². The molecule has 0 saturated heterocycles. The van der Waals surface area contributed by atoms with Gasteiger partial charge in [-0.1, -0.05) is 0 Å². The van der Waals surface area contributed by atoms with Gasteiger partial charge in [0.05, 0.1) is 13.2 Å². The summed E-state index contributed by atoms with van der Waals surface area (Å²) in [6, 6.07) is 12.0. The maximum absolute atomic E-state index is 13.0. The molecule has 0 unspecified atom stereocenters. The smallest absolute Gasteiger partial charge is 0.163 e. The molecular formula is C18H20FNO2. The van der Waals surface area contributed by atoms with Gasteiger partial charge in [0.1, 0.15) is 5.82 Å². The highest BCUT2D eigenvalue weighted by Gasteiger charge is 2.18. The molecule has 0 bridgehead atoms. The monoisotopic (exact) mass is 301 g/mol. The number of methoxy groups -OCH3 is 1. The van der Waals surface area contributed by atoms with Crippen molar-refractivity contribution in [3.63, 3.8) is 0 Å². The lowest BCUT2D eigenvalue weighted by atomic mass is 10.2. The summed E-state index contributed by atoms with van der Waals surface area (Å²) in [5.74, 6) is 1.24. The zero-order valence-corrected chi connectivity index (χ0v) is 12.6. The molecule has 1 fully saturated rings. The second-order valence-corrected chi connectivity index (χ2v) is 5.52. The Morgan fingerprint density at radius 2 is 1.64 bits per heavy atom. The first kappa shape index (κ1) is 14.7. The van der Waals surface area contributed by atoms with Gasteiger partial charge in [0.2, 0.25) is 0 Å². The molecule has 1 aliphatic carbocycles. The van der Waals surface area contributed by atoms with Crippen LogP contribution in [0.4, 0.5) is 15.8 Å². The predicted octanol–water partition coefficient (Wildman–Crippen LogP) is 4.90. The summed E-state index contributed by atoms with van der Waals surface area (Å²) in [5.41, 5.74) is 1.72. The average Bonchev–Trinajstić information content (AvgIpc) is 3.03. The van der Waals surface area contributed by atoms with Crippen LogP contribution in [0.5, 0.6) is 11.5 Å². The largest absolute Gasteiger partial charge is 0.493 e. The zero-order valence-electron chi connectivity index (χ0n) is 12.6. The minimum atomic E-state index is -0.245. The molecule has 2 aromatic carbocycles. The molecule has 1 saturated carbocycles. The highest BCUT2D eigenvalue weighted by atomic mass is 19.1. The normalized spacial score (nSPS) is 14.8. The van der Waals surface area contributed by atoms with Crippen molar-refractivity contribution < 1.29 is 13.9 Å². The highest BCUT2D eigenvalue weighted by molar-refractivity contribution is 5.63. The molecule has 3 nitrogen and oxygen atoms in total. The van der Waals surface area contributed by atoms with Gasteiger partial charge in [0.15, 0.2) is 11.5 Å². The van der Waals surface area contributed by atoms with Crippen molar-refractivity contribution in [3.8, 4) is 11.5 Å². The van der Waals surface area contributed by atoms with Gasteiger partial charge < -0.3 is 14.8 Å². The van der Waals surface area contributed by atoms with E-state index in [2.05, 4.69) is 5.32 Å². The Morgan fingerprint density at radius 3 is 2.32 bits per heavy atom. The van der Waals surface area contributed by atoms with E-state index >= 15 is 0 Å². The molecule has 2 aromatic rings. The van der Waals surface area contributed by atoms with Crippen LogP contribution in [0.15, 0.2) is 42.5 Å². The Balaban J connectivity index is 1.78. The summed E-state index contributed by atoms with van der Waals surface area (Å²) in [5, 5.41) is 3.25. The standard InChI is InChI=1S/C18H20FNO2/c1-21-17-11-10-15(20-14-8-6-13(19)7-9-14)12-18(17)22-16-4-2-3-5-16/h6-12,16,20H,2-5H2,1H3. The van der Waals surface area contributed by atoms with Crippen molar-refractivity contribution in [2.75, 3.05) is 12.4 Å². The molecule has 3 rings (SSSR count). The zero-order chi connectivity index (χ0) is 15.4. The molecule has 0 aromatic heterocycles. The molecule has 1 aliphatic rings. The first-order valence-electron chi connectivity index (χ1n) is 7.62. The summed E-state index contributed by atoms with van der Waals surface area (Å²) >= 11 is 0. The van der Waals surface area contributed by atoms with Gasteiger partial charge in [-0.15, -0.1) is 0 Å². The topological polar surface area (TPSA) is 30.5 Å². The summed E-state index contributed by atoms with van der Waals surface area (Å²) in [6.45, 7) is 0. The molecule has 116 valence electrons. The van der Waals surface area contributed by atoms with E-state index in [4.69, 9.17) is 9.47 Å². The average molecular weight is 301 g/mol. The van der Waals surface area contributed by atoms with Crippen molar-refractivity contribution in [2.45, 2.75) is 31.8 Å². The maximum atomic E-state index is 13.0. The van der Waals surface area contributed by atoms with Crippen LogP contribution in [-0.4, -0.2) is 13.2 Å². The van der Waals surface area contributed by atoms with Crippen molar-refractivity contribution in [3.05, 3.63) is 48.3 Å². The van der Waals surface area contributed by atoms with Crippen LogP contribution in [0.1, 0.15) is 25.7 Å². The summed E-state index contributed by atoms with van der Waals surface area (Å²) in [7, 11) is 1.64. The Bertz CT molecular complexity index is 621. The van der Waals surface area contributed by atoms with Crippen LogP contribution >= 0.6 is 0 Å². The molecule has 0 aliphatic heterocycles. The second kappa shape index (κ2) is 6.69. The molecule has 0 radical (unpaired) electrons. The Labute approximate surface area is 130 Å². The number of benzene rings is 2. The van der Waals surface area contributed by atoms with E-state index in [1.54, 1.807) is 19.2 Å². The number of nitrogens with one attached hydrogen (secondary N) is 1. The molecule has 0 heterocycles. The lowest BCUT2D eigenvalue weighted by molar-refractivity contribution is 0.201. The van der Waals surface area contributed by atoms with Gasteiger partial charge in [-0.2, -0.15) is 0 Å². The molecule has 0 amide bonds. The van der Waals surface area contributed by atoms with Gasteiger partial charge in [0.25, 0.3) is 0 Å². The highest BCUT2D eigenvalue weighted by Crippen LogP contribution is 2.34. The van der Waals surface area contributed by atoms with E-state index < -0.39 is 0 Å². The van der Waals surface area contributed by atoms with E-state index in [9.17, 15) is 4.39 Å². The Kier molecular flexibility index (Phi) is 4.47. The fourth-order valence-electron chi connectivity index (χ4n) is 2.73. The van der Waals surface area contributed by atoms with Gasteiger partial charge in [-0.05, 0) is 62.1 Å². The molecule has 0 spiro atoms. The Hall–Kier alpha value is -2.23. The fourth-order valence-corrected chi connectivity index (χ4v) is 2.73. The first-order valence-corrected chi connectivity index (χ1v) is 7.62. The molecule has 22 heavy (non-hydrogen) atoms. The van der Waals surface area contributed by atoms with Crippen LogP contribution in [0, 0.1) is 5.82 Å². The minimum absolute atomic E-state index is 0.245. The first-order chi connectivity index (χ1) is 10.7. The number of hydrogen-bond donors (Lipinski definition) is 1. The van der Waals surface area contributed by atoms with Gasteiger partial charge >= 0.3 is 0 Å². The summed E-state index contributed by atoms with van der Waals surface area (Å²) in [4.78, 5) is 0. The van der Waals surface area contributed by atoms with Crippen molar-refractivity contribution in [1.82, 2.24) is 0 Å². The van der Waals surface area contributed by atoms with E-state index in [0.717, 1.165) is 35.7 Å². The van der Waals surface area contributed by atoms with E-state index in [0.29, 0.717) is 0 Å². The third-order valence-corrected chi connectivity index (χ3v) is 3.89. The lowest BCUT2D eigenvalue weighted by Gasteiger charge is -2.17. The SMILES string of the molecule is COc1ccc(Nc2ccc(F)cc2)cc1OC1CCCC1. The van der Waals surface area contributed by atoms with Crippen molar-refractivity contribution in [1.29, 1.82) is 0 Å². The van der Waals surface area contributed by atoms with E-state index in [1.807, 2.05) is 18.2 Å². The van der Waals surface area contributed by atoms with Gasteiger partial charge in [0, 0.05) is 17.4 Å². The van der Waals surface area contributed by atoms with Crippen LogP contribution < -0.4 is 14.8 Å². The predicted molar refractivity (Wildman–Crippen MR) is 85.6 cm³/mol. The number of halogens is 1. The minimum Gasteiger partial charge on any atom is -0.493 e. The van der Waals surface area contributed by atoms with E-state index in [-0.39, 0.29) is 11.9 Å². The maximum Gasteiger partial charge on any atom is 0.163 e. The van der Waals surface area contributed by atoms with Gasteiger partial charge in [-0.25, -0.2) is 4.39 Å². The number of rotatable bonds is 5. The molecular weight excluding hydrogens is 281 g/mol. The Morgan fingerprint density at radius 1 is 0.955 bits per heavy atom. The number of ether oxygens (including phenoxy) is 2. The quantitative estimate of drug-likeness (QED) is 0.852. The fraction of sp³-hybridized carbons (Fsp3) is 0.333. The summed E-state index contributed by atoms with van der Waals surface area (Å²) in [6.07, 6.45) is 4.91. The van der Waals surface area contributed by atoms with E-state index in [1.165, 1.54) is 25.0 Å². The van der Waals surface area contributed by atoms with Crippen LogP contribution in [0.2, 0.25) is 0 Å². The van der Waals surface area contributed by atoms with Crippen LogP contribution in [0.25, 0.3) is 0 Å². The third kappa shape index (κ3) is 3.50. The van der Waals surface area contributed by atoms with Crippen molar-refractivity contribution in [2.24, 2.45) is 0 Å². The summed E-state index contributed by atoms with van der Waals surface area (Å²) < 4.78 is 24.4. The molecule has 1 N–H and O–H groups in total. The second-order valence-electron chi connectivity index (χ2n) is 5.52. The van der Waals surface area contributed by atoms with Crippen LogP contribution in [-0.2, 0) is 0 Å². The lowest BCUT2D eigenvalue weighted by Crippen LogP contribution is -2.11. The van der Waals surface area contributed by atoms with Gasteiger partial charge in [-0.3, -0.25) is 0 Å². The number of hydrogen-bond acceptors (Lipinski definition) is 3.